The van der Waals surface area contributed by atoms with Crippen molar-refractivity contribution in [2.75, 3.05) is 5.32 Å². The summed E-state index contributed by atoms with van der Waals surface area (Å²) in [5, 5.41) is 4.88. The van der Waals surface area contributed by atoms with E-state index in [1.54, 1.807) is 6.33 Å². The molecule has 108 valence electrons. The zero-order valence-corrected chi connectivity index (χ0v) is 13.4. The van der Waals surface area contributed by atoms with Crippen LogP contribution in [0.1, 0.15) is 50.5 Å². The van der Waals surface area contributed by atoms with Crippen molar-refractivity contribution in [3.8, 4) is 0 Å². The molecule has 3 nitrogen and oxygen atoms in total. The minimum atomic E-state index is 0.469. The molecule has 3 rings (SSSR count). The van der Waals surface area contributed by atoms with Crippen molar-refractivity contribution in [2.24, 2.45) is 5.92 Å². The second kappa shape index (κ2) is 5.68. The van der Waals surface area contributed by atoms with E-state index in [2.05, 4.69) is 36.1 Å². The van der Waals surface area contributed by atoms with Crippen molar-refractivity contribution in [1.82, 2.24) is 9.97 Å². The second-order valence-electron chi connectivity index (χ2n) is 6.09. The summed E-state index contributed by atoms with van der Waals surface area (Å²) in [5.74, 6) is 1.85. The Morgan fingerprint density at radius 3 is 3.10 bits per heavy atom. The van der Waals surface area contributed by atoms with E-state index in [-0.39, 0.29) is 0 Å². The summed E-state index contributed by atoms with van der Waals surface area (Å²) in [6, 6.07) is 0.469. The molecule has 1 aliphatic rings. The predicted octanol–water partition coefficient (Wildman–Crippen LogP) is 4.42. The first-order valence-corrected chi connectivity index (χ1v) is 8.52. The Bertz CT molecular complexity index is 605. The Morgan fingerprint density at radius 1 is 1.45 bits per heavy atom. The number of aromatic nitrogens is 2. The van der Waals surface area contributed by atoms with Gasteiger partial charge in [0.25, 0.3) is 0 Å². The molecule has 2 aromatic heterocycles. The molecule has 0 aromatic carbocycles. The summed E-state index contributed by atoms with van der Waals surface area (Å²) >= 11 is 1.87. The normalized spacial score (nSPS) is 19.9. The van der Waals surface area contributed by atoms with Crippen LogP contribution in [-0.2, 0) is 12.8 Å². The van der Waals surface area contributed by atoms with Crippen molar-refractivity contribution in [1.29, 1.82) is 0 Å². The lowest BCUT2D eigenvalue weighted by Gasteiger charge is -2.19. The number of nitrogens with zero attached hydrogens (tertiary/aromatic N) is 2. The number of nitrogens with one attached hydrogen (secondary N) is 1. The van der Waals surface area contributed by atoms with Crippen molar-refractivity contribution >= 4 is 27.4 Å². The van der Waals surface area contributed by atoms with Gasteiger partial charge >= 0.3 is 0 Å². The van der Waals surface area contributed by atoms with Gasteiger partial charge in [-0.25, -0.2) is 9.97 Å². The number of fused-ring (bicyclic) bond motifs is 3. The lowest BCUT2D eigenvalue weighted by atomic mass is 9.89. The van der Waals surface area contributed by atoms with E-state index in [4.69, 9.17) is 0 Å². The molecule has 0 saturated carbocycles. The summed E-state index contributed by atoms with van der Waals surface area (Å²) < 4.78 is 0. The summed E-state index contributed by atoms with van der Waals surface area (Å²) in [4.78, 5) is 11.7. The van der Waals surface area contributed by atoms with Gasteiger partial charge in [-0.3, -0.25) is 0 Å². The molecule has 2 atom stereocenters. The summed E-state index contributed by atoms with van der Waals surface area (Å²) in [5.41, 5.74) is 1.51. The third kappa shape index (κ3) is 2.53. The first kappa shape index (κ1) is 13.8. The highest BCUT2D eigenvalue weighted by Crippen LogP contribution is 2.39. The van der Waals surface area contributed by atoms with E-state index in [0.717, 1.165) is 16.6 Å². The van der Waals surface area contributed by atoms with Gasteiger partial charge in [0.2, 0.25) is 0 Å². The molecule has 0 fully saturated rings. The summed E-state index contributed by atoms with van der Waals surface area (Å²) in [6.45, 7) is 6.81. The van der Waals surface area contributed by atoms with Crippen molar-refractivity contribution in [2.45, 2.75) is 58.9 Å². The van der Waals surface area contributed by atoms with E-state index >= 15 is 0 Å². The van der Waals surface area contributed by atoms with Crippen LogP contribution < -0.4 is 5.32 Å². The van der Waals surface area contributed by atoms with Gasteiger partial charge in [-0.05, 0) is 44.1 Å². The van der Waals surface area contributed by atoms with E-state index in [1.807, 2.05) is 11.3 Å². The smallest absolute Gasteiger partial charge is 0.138 e. The standard InChI is InChI=1S/C16H23N3S/c1-4-5-11(3)19-15-14-12-7-6-10(2)8-13(12)20-16(14)18-9-17-15/h9-11H,4-8H2,1-3H3,(H,17,18,19)/t10-,11+/m0/s1. The van der Waals surface area contributed by atoms with Crippen LogP contribution in [0.5, 0.6) is 0 Å². The Hall–Kier alpha value is -1.16. The number of rotatable bonds is 4. The average Bonchev–Trinajstić information content (AvgIpc) is 2.77. The number of thiophene rings is 1. The van der Waals surface area contributed by atoms with Crippen LogP contribution in [0.25, 0.3) is 10.2 Å². The van der Waals surface area contributed by atoms with Crippen LogP contribution in [-0.4, -0.2) is 16.0 Å². The topological polar surface area (TPSA) is 37.8 Å². The van der Waals surface area contributed by atoms with Gasteiger partial charge in [-0.1, -0.05) is 20.3 Å². The highest BCUT2D eigenvalue weighted by atomic mass is 32.1. The van der Waals surface area contributed by atoms with E-state index in [9.17, 15) is 0 Å². The van der Waals surface area contributed by atoms with Crippen LogP contribution in [0.3, 0.4) is 0 Å². The van der Waals surface area contributed by atoms with Crippen molar-refractivity contribution < 1.29 is 0 Å². The van der Waals surface area contributed by atoms with Gasteiger partial charge in [-0.2, -0.15) is 0 Å². The Morgan fingerprint density at radius 2 is 2.30 bits per heavy atom. The molecular formula is C16H23N3S. The molecule has 2 aromatic rings. The molecule has 0 aliphatic heterocycles. The maximum absolute atomic E-state index is 4.51. The van der Waals surface area contributed by atoms with Crippen LogP contribution in [0.2, 0.25) is 0 Å². The molecular weight excluding hydrogens is 266 g/mol. The molecule has 1 N–H and O–H groups in total. The second-order valence-corrected chi connectivity index (χ2v) is 7.17. The van der Waals surface area contributed by atoms with Gasteiger partial charge in [0.05, 0.1) is 5.39 Å². The molecule has 4 heteroatoms. The van der Waals surface area contributed by atoms with Gasteiger partial charge < -0.3 is 5.32 Å². The third-order valence-corrected chi connectivity index (χ3v) is 5.36. The Balaban J connectivity index is 2.00. The molecule has 0 radical (unpaired) electrons. The van der Waals surface area contributed by atoms with Crippen LogP contribution in [0.4, 0.5) is 5.82 Å². The zero-order valence-electron chi connectivity index (χ0n) is 12.6. The number of hydrogen-bond acceptors (Lipinski definition) is 4. The highest BCUT2D eigenvalue weighted by Gasteiger charge is 2.23. The number of hydrogen-bond donors (Lipinski definition) is 1. The Kier molecular flexibility index (Phi) is 3.92. The molecule has 2 heterocycles. The molecule has 20 heavy (non-hydrogen) atoms. The highest BCUT2D eigenvalue weighted by molar-refractivity contribution is 7.19. The van der Waals surface area contributed by atoms with Gasteiger partial charge in [0.1, 0.15) is 17.0 Å². The van der Waals surface area contributed by atoms with Gasteiger partial charge in [-0.15, -0.1) is 11.3 Å². The van der Waals surface area contributed by atoms with Crippen LogP contribution in [0.15, 0.2) is 6.33 Å². The minimum Gasteiger partial charge on any atom is -0.367 e. The van der Waals surface area contributed by atoms with Crippen molar-refractivity contribution in [3.05, 3.63) is 16.8 Å². The van der Waals surface area contributed by atoms with E-state index in [0.29, 0.717) is 6.04 Å². The average molecular weight is 289 g/mol. The fraction of sp³-hybridized carbons (Fsp3) is 0.625. The van der Waals surface area contributed by atoms with E-state index < -0.39 is 0 Å². The first-order valence-electron chi connectivity index (χ1n) is 7.70. The zero-order chi connectivity index (χ0) is 14.1. The van der Waals surface area contributed by atoms with Gasteiger partial charge in [0, 0.05) is 10.9 Å². The Labute approximate surface area is 124 Å². The molecule has 0 unspecified atom stereocenters. The molecule has 0 bridgehead atoms. The maximum Gasteiger partial charge on any atom is 0.138 e. The quantitative estimate of drug-likeness (QED) is 0.905. The minimum absolute atomic E-state index is 0.469. The van der Waals surface area contributed by atoms with Crippen LogP contribution in [0, 0.1) is 5.92 Å². The largest absolute Gasteiger partial charge is 0.367 e. The summed E-state index contributed by atoms with van der Waals surface area (Å²) in [6.07, 6.45) is 7.75. The lowest BCUT2D eigenvalue weighted by molar-refractivity contribution is 0.509. The predicted molar refractivity (Wildman–Crippen MR) is 86.6 cm³/mol. The lowest BCUT2D eigenvalue weighted by Crippen LogP contribution is -2.16. The monoisotopic (exact) mass is 289 g/mol. The van der Waals surface area contributed by atoms with E-state index in [1.165, 1.54) is 47.9 Å². The van der Waals surface area contributed by atoms with Gasteiger partial charge in [0.15, 0.2) is 0 Å². The maximum atomic E-state index is 4.51. The molecule has 0 spiro atoms. The van der Waals surface area contributed by atoms with Crippen molar-refractivity contribution in [3.63, 3.8) is 0 Å². The molecule has 0 amide bonds. The molecule has 1 aliphatic carbocycles. The molecule has 0 saturated heterocycles. The third-order valence-electron chi connectivity index (χ3n) is 4.20. The number of anilines is 1. The summed E-state index contributed by atoms with van der Waals surface area (Å²) in [7, 11) is 0. The first-order chi connectivity index (χ1) is 9.69. The SMILES string of the molecule is CCC[C@@H](C)Nc1ncnc2sc3c(c12)CC[C@H](C)C3. The fourth-order valence-corrected chi connectivity index (χ4v) is 4.47. The van der Waals surface area contributed by atoms with Crippen LogP contribution >= 0.6 is 11.3 Å². The fourth-order valence-electron chi connectivity index (χ4n) is 3.12. The number of aryl methyl sites for hydroxylation is 1.